The number of ether oxygens (including phenoxy) is 2. The van der Waals surface area contributed by atoms with Gasteiger partial charge in [0.15, 0.2) is 0 Å². The second kappa shape index (κ2) is 6.10. The molecule has 0 radical (unpaired) electrons. The number of methoxy groups -OCH3 is 2. The molecule has 148 valence electrons. The van der Waals surface area contributed by atoms with Crippen LogP contribution in [0, 0.1) is 17.7 Å². The zero-order valence-corrected chi connectivity index (χ0v) is 15.6. The Bertz CT molecular complexity index is 900. The van der Waals surface area contributed by atoms with Crippen molar-refractivity contribution < 1.29 is 33.0 Å². The fourth-order valence-electron chi connectivity index (χ4n) is 5.05. The van der Waals surface area contributed by atoms with Gasteiger partial charge in [0.05, 0.1) is 26.1 Å². The minimum absolute atomic E-state index is 0.213. The largest absolute Gasteiger partial charge is 0.467 e. The monoisotopic (exact) mass is 390 g/mol. The van der Waals surface area contributed by atoms with E-state index in [1.807, 2.05) is 0 Å². The molecule has 0 saturated carbocycles. The van der Waals surface area contributed by atoms with Crippen molar-refractivity contribution in [1.29, 1.82) is 0 Å². The highest BCUT2D eigenvalue weighted by molar-refractivity contribution is 6.16. The first-order valence-corrected chi connectivity index (χ1v) is 8.84. The summed E-state index contributed by atoms with van der Waals surface area (Å²) in [4.78, 5) is 54.2. The van der Waals surface area contributed by atoms with E-state index in [0.29, 0.717) is 12.0 Å². The number of imide groups is 1. The van der Waals surface area contributed by atoms with E-state index in [2.05, 4.69) is 0 Å². The summed E-state index contributed by atoms with van der Waals surface area (Å²) in [5, 5.41) is 0. The molecule has 0 spiro atoms. The first-order valence-electron chi connectivity index (χ1n) is 8.84. The maximum Gasteiger partial charge on any atom is 0.338 e. The Morgan fingerprint density at radius 1 is 1.14 bits per heavy atom. The van der Waals surface area contributed by atoms with Crippen LogP contribution >= 0.6 is 0 Å². The Balaban J connectivity index is 2.02. The third kappa shape index (κ3) is 2.02. The van der Waals surface area contributed by atoms with Gasteiger partial charge in [-0.2, -0.15) is 0 Å². The molecule has 28 heavy (non-hydrogen) atoms. The molecule has 3 aliphatic rings. The van der Waals surface area contributed by atoms with Gasteiger partial charge in [-0.15, -0.1) is 0 Å². The maximum atomic E-state index is 14.0. The highest BCUT2D eigenvalue weighted by atomic mass is 19.1. The number of amides is 2. The lowest BCUT2D eigenvalue weighted by atomic mass is 9.79. The van der Waals surface area contributed by atoms with Crippen LogP contribution < -0.4 is 0 Å². The Kier molecular flexibility index (Phi) is 4.04. The zero-order chi connectivity index (χ0) is 20.4. The van der Waals surface area contributed by atoms with Crippen molar-refractivity contribution in [2.24, 2.45) is 11.8 Å². The molecule has 2 saturated heterocycles. The van der Waals surface area contributed by atoms with Gasteiger partial charge in [0.2, 0.25) is 17.4 Å². The summed E-state index contributed by atoms with van der Waals surface area (Å²) in [6.45, 7) is 0.213. The van der Waals surface area contributed by atoms with Crippen LogP contribution in [-0.4, -0.2) is 66.9 Å². The Labute approximate surface area is 160 Å². The summed E-state index contributed by atoms with van der Waals surface area (Å²) in [6.07, 6.45) is 0.416. The van der Waals surface area contributed by atoms with E-state index >= 15 is 0 Å². The number of carbonyl (C=O) groups is 4. The highest BCUT2D eigenvalue weighted by Gasteiger charge is 2.76. The summed E-state index contributed by atoms with van der Waals surface area (Å²) < 4.78 is 23.8. The molecule has 0 aliphatic carbocycles. The molecule has 2 amide bonds. The van der Waals surface area contributed by atoms with E-state index in [1.165, 1.54) is 24.1 Å². The molecular formula is C19H19FN2O6. The van der Waals surface area contributed by atoms with Crippen LogP contribution in [0.3, 0.4) is 0 Å². The molecule has 4 rings (SSSR count). The quantitative estimate of drug-likeness (QED) is 0.400. The summed E-state index contributed by atoms with van der Waals surface area (Å²) in [6, 6.07) is 3.43. The van der Waals surface area contributed by atoms with Crippen molar-refractivity contribution in [3.8, 4) is 0 Å². The Hall–Kier alpha value is -2.81. The molecular weight excluding hydrogens is 371 g/mol. The predicted molar refractivity (Wildman–Crippen MR) is 91.1 cm³/mol. The third-order valence-electron chi connectivity index (χ3n) is 6.19. The van der Waals surface area contributed by atoms with E-state index in [1.54, 1.807) is 6.07 Å². The molecule has 0 aromatic heterocycles. The number of esters is 2. The fourth-order valence-corrected chi connectivity index (χ4v) is 5.05. The summed E-state index contributed by atoms with van der Waals surface area (Å²) in [7, 11) is 3.53. The van der Waals surface area contributed by atoms with Gasteiger partial charge in [-0.25, -0.2) is 14.0 Å². The van der Waals surface area contributed by atoms with Gasteiger partial charge >= 0.3 is 11.9 Å². The number of halogens is 1. The number of benzene rings is 1. The molecule has 1 aromatic carbocycles. The topological polar surface area (TPSA) is 93.2 Å². The van der Waals surface area contributed by atoms with Crippen molar-refractivity contribution in [3.63, 3.8) is 0 Å². The molecule has 0 unspecified atom stereocenters. The fraction of sp³-hybridized carbons (Fsp3) is 0.474. The van der Waals surface area contributed by atoms with E-state index < -0.39 is 53.0 Å². The molecule has 3 atom stereocenters. The van der Waals surface area contributed by atoms with Gasteiger partial charge in [0, 0.05) is 19.6 Å². The summed E-state index contributed by atoms with van der Waals surface area (Å²) >= 11 is 0. The Morgan fingerprint density at radius 2 is 1.79 bits per heavy atom. The van der Waals surface area contributed by atoms with Gasteiger partial charge in [0.25, 0.3) is 0 Å². The number of fused-ring (bicyclic) bond motifs is 5. The molecule has 3 heterocycles. The Morgan fingerprint density at radius 3 is 2.39 bits per heavy atom. The molecule has 2 fully saturated rings. The second-order valence-electron chi connectivity index (χ2n) is 7.22. The van der Waals surface area contributed by atoms with Crippen LogP contribution in [-0.2, 0) is 35.1 Å². The van der Waals surface area contributed by atoms with Crippen LogP contribution in [0.4, 0.5) is 4.39 Å². The van der Waals surface area contributed by atoms with Crippen LogP contribution in [0.15, 0.2) is 18.2 Å². The van der Waals surface area contributed by atoms with Crippen LogP contribution in [0.2, 0.25) is 0 Å². The van der Waals surface area contributed by atoms with Gasteiger partial charge in [-0.1, -0.05) is 6.07 Å². The second-order valence-corrected chi connectivity index (χ2v) is 7.22. The number of nitrogens with zero attached hydrogens (tertiary/aromatic N) is 2. The lowest BCUT2D eigenvalue weighted by Crippen LogP contribution is -2.64. The molecule has 1 aromatic rings. The van der Waals surface area contributed by atoms with Gasteiger partial charge < -0.3 is 9.47 Å². The third-order valence-corrected chi connectivity index (χ3v) is 6.19. The zero-order valence-electron chi connectivity index (χ0n) is 15.6. The lowest BCUT2D eigenvalue weighted by Gasteiger charge is -2.41. The average molecular weight is 390 g/mol. The van der Waals surface area contributed by atoms with E-state index in [0.717, 1.165) is 24.7 Å². The maximum absolute atomic E-state index is 14.0. The SMILES string of the molecule is COC(=O)C1(C(=O)OC)[C@H]2C(=O)N(C)C(=O)[C@H]2[C@@H]2c3cc(F)ccc3CCN21. The molecule has 8 nitrogen and oxygen atoms in total. The molecule has 3 aliphatic heterocycles. The van der Waals surface area contributed by atoms with Crippen molar-refractivity contribution in [3.05, 3.63) is 35.1 Å². The summed E-state index contributed by atoms with van der Waals surface area (Å²) in [5.41, 5.74) is -0.797. The number of rotatable bonds is 2. The first-order chi connectivity index (χ1) is 13.3. The smallest absolute Gasteiger partial charge is 0.338 e. The van der Waals surface area contributed by atoms with Crippen LogP contribution in [0.5, 0.6) is 0 Å². The van der Waals surface area contributed by atoms with Crippen molar-refractivity contribution in [1.82, 2.24) is 9.80 Å². The normalized spacial score (nSPS) is 27.9. The van der Waals surface area contributed by atoms with E-state index in [4.69, 9.17) is 9.47 Å². The molecule has 0 bridgehead atoms. The van der Waals surface area contributed by atoms with Crippen LogP contribution in [0.1, 0.15) is 17.2 Å². The van der Waals surface area contributed by atoms with Crippen molar-refractivity contribution in [2.45, 2.75) is 18.0 Å². The summed E-state index contributed by atoms with van der Waals surface area (Å²) in [5.74, 6) is -5.92. The van der Waals surface area contributed by atoms with E-state index in [-0.39, 0.29) is 6.54 Å². The first kappa shape index (κ1) is 18.5. The number of hydrogen-bond donors (Lipinski definition) is 0. The number of carbonyl (C=O) groups excluding carboxylic acids is 4. The molecule has 9 heteroatoms. The average Bonchev–Trinajstić information content (AvgIpc) is 3.13. The van der Waals surface area contributed by atoms with E-state index in [9.17, 15) is 23.6 Å². The van der Waals surface area contributed by atoms with Crippen LogP contribution in [0.25, 0.3) is 0 Å². The van der Waals surface area contributed by atoms with Crippen molar-refractivity contribution in [2.75, 3.05) is 27.8 Å². The molecule has 0 N–H and O–H groups in total. The van der Waals surface area contributed by atoms with Gasteiger partial charge in [-0.3, -0.25) is 19.4 Å². The number of hydrogen-bond acceptors (Lipinski definition) is 7. The van der Waals surface area contributed by atoms with Crippen molar-refractivity contribution >= 4 is 23.8 Å². The van der Waals surface area contributed by atoms with Gasteiger partial charge in [0.1, 0.15) is 5.82 Å². The highest BCUT2D eigenvalue weighted by Crippen LogP contribution is 2.57. The van der Waals surface area contributed by atoms with Gasteiger partial charge in [-0.05, 0) is 29.7 Å². The number of likely N-dealkylation sites (tertiary alicyclic amines) is 1. The standard InChI is InChI=1S/C19H19FN2O6/c1-21-15(23)12-13(16(21)24)19(17(25)27-2,18(26)28-3)22-7-6-9-4-5-10(20)8-11(9)14(12)22/h4-5,8,12-14H,6-7H2,1-3H3/t12-,13-,14+/m1/s1. The minimum atomic E-state index is -2.10. The lowest BCUT2D eigenvalue weighted by molar-refractivity contribution is -0.177. The predicted octanol–water partition coefficient (Wildman–Crippen LogP) is 0.0543. The minimum Gasteiger partial charge on any atom is -0.467 e.